The first-order valence-corrected chi connectivity index (χ1v) is 6.67. The van der Waals surface area contributed by atoms with Gasteiger partial charge < -0.3 is 0 Å². The Morgan fingerprint density at radius 3 is 2.72 bits per heavy atom. The van der Waals surface area contributed by atoms with Crippen LogP contribution in [0.15, 0.2) is 23.1 Å². The van der Waals surface area contributed by atoms with E-state index in [9.17, 15) is 0 Å². The van der Waals surface area contributed by atoms with Crippen LogP contribution in [0.3, 0.4) is 0 Å². The van der Waals surface area contributed by atoms with Gasteiger partial charge in [-0.25, -0.2) is 5.26 Å². The van der Waals surface area contributed by atoms with Gasteiger partial charge in [-0.3, -0.25) is 0 Å². The first-order chi connectivity index (χ1) is 8.52. The normalized spacial score (nSPS) is 17.2. The number of hydrogen-bond acceptors (Lipinski definition) is 4. The third-order valence-electron chi connectivity index (χ3n) is 3.72. The number of hydrogen-bond donors (Lipinski definition) is 1. The molecule has 4 nitrogen and oxygen atoms in total. The van der Waals surface area contributed by atoms with Gasteiger partial charge in [0, 0.05) is 23.4 Å². The molecule has 0 saturated carbocycles. The minimum atomic E-state index is 0.0159. The van der Waals surface area contributed by atoms with Crippen LogP contribution in [0.5, 0.6) is 0 Å². The van der Waals surface area contributed by atoms with E-state index in [0.29, 0.717) is 0 Å². The van der Waals surface area contributed by atoms with Crippen LogP contribution in [0.2, 0.25) is 0 Å². The maximum absolute atomic E-state index is 8.19. The molecule has 0 bridgehead atoms. The van der Waals surface area contributed by atoms with E-state index in [1.165, 1.54) is 17.0 Å². The number of nitrogens with zero attached hydrogens (tertiary/aromatic N) is 1. The van der Waals surface area contributed by atoms with Gasteiger partial charge in [0.05, 0.1) is 17.5 Å². The lowest BCUT2D eigenvalue weighted by Gasteiger charge is -2.15. The molecule has 1 N–H and O–H groups in total. The molecule has 98 valence electrons. The first-order valence-electron chi connectivity index (χ1n) is 5.93. The predicted octanol–water partition coefficient (Wildman–Crippen LogP) is 3.53. The lowest BCUT2D eigenvalue weighted by molar-refractivity contribution is -0.434. The molecular weight excluding hydrogens is 250 g/mol. The molecule has 1 aliphatic rings. The molecule has 0 amide bonds. The topological polar surface area (TPSA) is 41.7 Å². The minimum absolute atomic E-state index is 0.0159. The van der Waals surface area contributed by atoms with Gasteiger partial charge in [-0.2, -0.15) is 4.58 Å². The summed E-state index contributed by atoms with van der Waals surface area (Å²) < 4.78 is 6.81. The molecule has 1 aliphatic heterocycles. The van der Waals surface area contributed by atoms with E-state index in [-0.39, 0.29) is 5.41 Å². The SMILES string of the molecule is CC[N+]1=C(C)C(C)(C)c2cc(SOOO)ccc21. The van der Waals surface area contributed by atoms with Crippen LogP contribution >= 0.6 is 12.0 Å². The quantitative estimate of drug-likeness (QED) is 0.392. The Bertz CT molecular complexity index is 497. The van der Waals surface area contributed by atoms with Crippen LogP contribution in [0.25, 0.3) is 0 Å². The third kappa shape index (κ3) is 2.07. The van der Waals surface area contributed by atoms with Crippen molar-refractivity contribution in [2.75, 3.05) is 6.54 Å². The van der Waals surface area contributed by atoms with Gasteiger partial charge in [0.15, 0.2) is 5.71 Å². The van der Waals surface area contributed by atoms with Crippen molar-refractivity contribution in [3.05, 3.63) is 23.8 Å². The lowest BCUT2D eigenvalue weighted by atomic mass is 9.82. The highest BCUT2D eigenvalue weighted by atomic mass is 32.2. The average molecular weight is 268 g/mol. The number of fused-ring (bicyclic) bond motifs is 1. The maximum atomic E-state index is 8.19. The summed E-state index contributed by atoms with van der Waals surface area (Å²) >= 11 is 0.997. The third-order valence-corrected chi connectivity index (χ3v) is 4.29. The van der Waals surface area contributed by atoms with Gasteiger partial charge in [-0.1, -0.05) is 5.04 Å². The molecule has 0 unspecified atom stereocenters. The molecule has 0 atom stereocenters. The van der Waals surface area contributed by atoms with Gasteiger partial charge >= 0.3 is 0 Å². The second kappa shape index (κ2) is 5.01. The van der Waals surface area contributed by atoms with Crippen LogP contribution in [0.1, 0.15) is 33.3 Å². The lowest BCUT2D eigenvalue weighted by Crippen LogP contribution is -2.26. The van der Waals surface area contributed by atoms with Gasteiger partial charge in [0.1, 0.15) is 6.54 Å². The van der Waals surface area contributed by atoms with E-state index in [1.807, 2.05) is 6.07 Å². The molecule has 0 saturated heterocycles. The Labute approximate surface area is 111 Å². The standard InChI is InChI=1S/C13H17NO3S/c1-5-14-9(2)13(3,4)11-8-10(18-17-16-15)6-7-12(11)14/h6-8H,5H2,1-4H3/p+1. The van der Waals surface area contributed by atoms with Crippen molar-refractivity contribution in [2.24, 2.45) is 0 Å². The average Bonchev–Trinajstić information content (AvgIpc) is 2.55. The van der Waals surface area contributed by atoms with Crippen LogP contribution in [0, 0.1) is 0 Å². The van der Waals surface area contributed by atoms with E-state index in [2.05, 4.69) is 53.8 Å². The minimum Gasteiger partial charge on any atom is -0.220 e. The highest BCUT2D eigenvalue weighted by molar-refractivity contribution is 7.94. The summed E-state index contributed by atoms with van der Waals surface area (Å²) in [4.78, 5) is 0.904. The van der Waals surface area contributed by atoms with Crippen LogP contribution < -0.4 is 0 Å². The fourth-order valence-corrected chi connectivity index (χ4v) is 2.88. The molecule has 0 aromatic heterocycles. The molecular formula is C13H18NO3S+. The van der Waals surface area contributed by atoms with E-state index in [1.54, 1.807) is 0 Å². The van der Waals surface area contributed by atoms with E-state index in [4.69, 9.17) is 5.26 Å². The van der Waals surface area contributed by atoms with Gasteiger partial charge in [-0.15, -0.1) is 4.33 Å². The fraction of sp³-hybridized carbons (Fsp3) is 0.462. The molecule has 18 heavy (non-hydrogen) atoms. The Morgan fingerprint density at radius 1 is 1.39 bits per heavy atom. The Morgan fingerprint density at radius 2 is 2.11 bits per heavy atom. The summed E-state index contributed by atoms with van der Waals surface area (Å²) in [5.41, 5.74) is 3.88. The molecule has 0 fully saturated rings. The zero-order chi connectivity index (χ0) is 13.3. The molecule has 2 rings (SSSR count). The monoisotopic (exact) mass is 268 g/mol. The number of benzene rings is 1. The second-order valence-corrected chi connectivity index (χ2v) is 5.63. The van der Waals surface area contributed by atoms with Gasteiger partial charge in [0.2, 0.25) is 5.69 Å². The fourth-order valence-electron chi connectivity index (χ4n) is 2.48. The Kier molecular flexibility index (Phi) is 3.77. The second-order valence-electron chi connectivity index (χ2n) is 4.86. The maximum Gasteiger partial charge on any atom is 0.209 e. The van der Waals surface area contributed by atoms with Crippen LogP contribution in [-0.4, -0.2) is 22.1 Å². The van der Waals surface area contributed by atoms with E-state index >= 15 is 0 Å². The summed E-state index contributed by atoms with van der Waals surface area (Å²) in [7, 11) is 0. The zero-order valence-electron chi connectivity index (χ0n) is 11.1. The van der Waals surface area contributed by atoms with E-state index < -0.39 is 0 Å². The van der Waals surface area contributed by atoms with E-state index in [0.717, 1.165) is 23.5 Å². The van der Waals surface area contributed by atoms with Crippen molar-refractivity contribution in [3.63, 3.8) is 0 Å². The Hall–Kier alpha value is -0.880. The highest BCUT2D eigenvalue weighted by Crippen LogP contribution is 2.41. The van der Waals surface area contributed by atoms with Crippen LogP contribution in [-0.2, 0) is 14.8 Å². The molecule has 5 heteroatoms. The summed E-state index contributed by atoms with van der Waals surface area (Å²) in [6.45, 7) is 9.72. The molecule has 0 radical (unpaired) electrons. The molecule has 0 aliphatic carbocycles. The highest BCUT2D eigenvalue weighted by Gasteiger charge is 2.42. The van der Waals surface area contributed by atoms with Crippen molar-refractivity contribution < 1.29 is 19.2 Å². The van der Waals surface area contributed by atoms with Crippen molar-refractivity contribution in [3.8, 4) is 0 Å². The van der Waals surface area contributed by atoms with Gasteiger partial charge in [-0.05, 0) is 32.9 Å². The number of rotatable bonds is 4. The predicted molar refractivity (Wildman–Crippen MR) is 71.3 cm³/mol. The summed E-state index contributed by atoms with van der Waals surface area (Å²) in [6.07, 6.45) is 0. The Balaban J connectivity index is 2.43. The molecule has 1 heterocycles. The summed E-state index contributed by atoms with van der Waals surface area (Å²) in [6, 6.07) is 6.12. The zero-order valence-corrected chi connectivity index (χ0v) is 11.9. The van der Waals surface area contributed by atoms with Crippen molar-refractivity contribution >= 4 is 23.4 Å². The summed E-state index contributed by atoms with van der Waals surface area (Å²) in [5, 5.41) is 11.8. The van der Waals surface area contributed by atoms with Gasteiger partial charge in [0.25, 0.3) is 0 Å². The molecule has 1 aromatic rings. The smallest absolute Gasteiger partial charge is 0.209 e. The van der Waals surface area contributed by atoms with Crippen LogP contribution in [0.4, 0.5) is 5.69 Å². The molecule has 0 spiro atoms. The largest absolute Gasteiger partial charge is 0.220 e. The first kappa shape index (κ1) is 13.5. The van der Waals surface area contributed by atoms with Crippen molar-refractivity contribution in [2.45, 2.75) is 38.0 Å². The summed E-state index contributed by atoms with van der Waals surface area (Å²) in [5.74, 6) is 0. The van der Waals surface area contributed by atoms with Crippen molar-refractivity contribution in [1.82, 2.24) is 0 Å². The van der Waals surface area contributed by atoms with Crippen molar-refractivity contribution in [1.29, 1.82) is 0 Å². The molecule has 1 aromatic carbocycles.